The van der Waals surface area contributed by atoms with E-state index in [4.69, 9.17) is 5.73 Å². The summed E-state index contributed by atoms with van der Waals surface area (Å²) >= 11 is 0. The first kappa shape index (κ1) is 12.2. The molecule has 0 fully saturated rings. The van der Waals surface area contributed by atoms with Crippen molar-refractivity contribution in [3.8, 4) is 0 Å². The smallest absolute Gasteiger partial charge is 0.364 e. The second kappa shape index (κ2) is 3.33. The number of nitrogens with two attached hydrogens (primary N) is 1. The molecule has 4 N–H and O–H groups in total. The number of rotatable bonds is 1. The summed E-state index contributed by atoms with van der Waals surface area (Å²) in [4.78, 5) is 0. The molecule has 2 atom stereocenters. The molecular weight excluding hydrogens is 211 g/mol. The molecule has 0 spiro atoms. The Morgan fingerprint density at radius 3 is 2.13 bits per heavy atom. The Morgan fingerprint density at radius 1 is 1.27 bits per heavy atom. The highest BCUT2D eigenvalue weighted by Crippen LogP contribution is 2.41. The van der Waals surface area contributed by atoms with Crippen LogP contribution in [0.5, 0.6) is 0 Å². The van der Waals surface area contributed by atoms with Crippen LogP contribution in [0.4, 0.5) is 13.2 Å². The molecule has 1 aliphatic rings. The fourth-order valence-electron chi connectivity index (χ4n) is 1.49. The number of hydrogen-bond acceptors (Lipinski definition) is 3. The van der Waals surface area contributed by atoms with Crippen LogP contribution in [-0.4, -0.2) is 27.7 Å². The van der Waals surface area contributed by atoms with Gasteiger partial charge in [-0.1, -0.05) is 24.3 Å². The number of aliphatic hydroxyl groups is 2. The molecule has 0 aromatic rings. The molecule has 6 heteroatoms. The molecule has 0 aliphatic heterocycles. The van der Waals surface area contributed by atoms with Crippen LogP contribution in [0.2, 0.25) is 0 Å². The van der Waals surface area contributed by atoms with Crippen LogP contribution in [0.1, 0.15) is 6.92 Å². The molecule has 0 saturated carbocycles. The maximum absolute atomic E-state index is 12.6. The van der Waals surface area contributed by atoms with Crippen LogP contribution < -0.4 is 5.73 Å². The van der Waals surface area contributed by atoms with Gasteiger partial charge in [0.05, 0.1) is 0 Å². The summed E-state index contributed by atoms with van der Waals surface area (Å²) in [5, 5.41) is 18.6. The van der Waals surface area contributed by atoms with Crippen molar-refractivity contribution in [1.29, 1.82) is 0 Å². The van der Waals surface area contributed by atoms with E-state index in [2.05, 4.69) is 0 Å². The highest BCUT2D eigenvalue weighted by Gasteiger charge is 2.57. The van der Waals surface area contributed by atoms with Gasteiger partial charge in [0.2, 0.25) is 0 Å². The molecule has 0 radical (unpaired) electrons. The Bertz CT molecular complexity index is 303. The summed E-state index contributed by atoms with van der Waals surface area (Å²) in [5.74, 6) is -4.76. The lowest BCUT2D eigenvalue weighted by Gasteiger charge is -2.42. The molecule has 1 rings (SSSR count). The second-order valence-corrected chi connectivity index (χ2v) is 3.72. The van der Waals surface area contributed by atoms with Crippen molar-refractivity contribution in [2.75, 3.05) is 0 Å². The van der Waals surface area contributed by atoms with Gasteiger partial charge < -0.3 is 15.9 Å². The van der Waals surface area contributed by atoms with E-state index in [1.165, 1.54) is 12.2 Å². The van der Waals surface area contributed by atoms with Gasteiger partial charge in [0.1, 0.15) is 11.5 Å². The Labute approximate surface area is 84.7 Å². The van der Waals surface area contributed by atoms with E-state index in [-0.39, 0.29) is 0 Å². The lowest BCUT2D eigenvalue weighted by atomic mass is 9.75. The Hall–Kier alpha value is -0.850. The van der Waals surface area contributed by atoms with Gasteiger partial charge in [-0.25, -0.2) is 0 Å². The molecular formula is C9H12F3NO2. The maximum Gasteiger partial charge on any atom is 0.397 e. The monoisotopic (exact) mass is 223 g/mol. The quantitative estimate of drug-likeness (QED) is 0.573. The molecule has 86 valence electrons. The fraction of sp³-hybridized carbons (Fsp3) is 0.556. The third kappa shape index (κ3) is 2.06. The summed E-state index contributed by atoms with van der Waals surface area (Å²) in [5.41, 5.74) is 3.14. The number of halogens is 3. The summed E-state index contributed by atoms with van der Waals surface area (Å²) in [7, 11) is 0. The summed E-state index contributed by atoms with van der Waals surface area (Å²) in [6.45, 7) is 0.829. The van der Waals surface area contributed by atoms with Crippen LogP contribution in [-0.2, 0) is 0 Å². The first-order valence-corrected chi connectivity index (χ1v) is 4.25. The van der Waals surface area contributed by atoms with E-state index >= 15 is 0 Å². The zero-order chi connectivity index (χ0) is 11.9. The topological polar surface area (TPSA) is 66.5 Å². The molecule has 15 heavy (non-hydrogen) atoms. The van der Waals surface area contributed by atoms with E-state index in [0.717, 1.165) is 19.1 Å². The van der Waals surface area contributed by atoms with Crippen molar-refractivity contribution in [2.24, 2.45) is 11.7 Å². The zero-order valence-electron chi connectivity index (χ0n) is 7.99. The Morgan fingerprint density at radius 2 is 1.80 bits per heavy atom. The van der Waals surface area contributed by atoms with Gasteiger partial charge in [-0.2, -0.15) is 13.2 Å². The molecule has 0 aromatic heterocycles. The van der Waals surface area contributed by atoms with Crippen LogP contribution in [0.15, 0.2) is 24.3 Å². The largest absolute Gasteiger partial charge is 0.397 e. The minimum Gasteiger partial charge on any atom is -0.364 e. The highest BCUT2D eigenvalue weighted by atomic mass is 19.4. The average Bonchev–Trinajstić information content (AvgIpc) is 2.00. The summed E-state index contributed by atoms with van der Waals surface area (Å²) < 4.78 is 37.7. The average molecular weight is 223 g/mol. The van der Waals surface area contributed by atoms with Crippen molar-refractivity contribution in [3.05, 3.63) is 24.3 Å². The van der Waals surface area contributed by atoms with Crippen LogP contribution in [0, 0.1) is 5.92 Å². The summed E-state index contributed by atoms with van der Waals surface area (Å²) in [6.07, 6.45) is -0.430. The molecule has 0 heterocycles. The molecule has 1 aliphatic carbocycles. The third-order valence-electron chi connectivity index (χ3n) is 2.47. The third-order valence-corrected chi connectivity index (χ3v) is 2.47. The standard InChI is InChI=1S/C9H12F3NO2/c1-7(14,15)8(13)5-3-2-4-6(8)9(10,11)12/h2-6,14-15H,13H2,1H3. The second-order valence-electron chi connectivity index (χ2n) is 3.72. The first-order chi connectivity index (χ1) is 6.59. The fourth-order valence-corrected chi connectivity index (χ4v) is 1.49. The van der Waals surface area contributed by atoms with Crippen molar-refractivity contribution < 1.29 is 23.4 Å². The van der Waals surface area contributed by atoms with Crippen LogP contribution >= 0.6 is 0 Å². The predicted molar refractivity (Wildman–Crippen MR) is 47.6 cm³/mol. The normalized spacial score (nSPS) is 32.1. The van der Waals surface area contributed by atoms with E-state index in [1.54, 1.807) is 0 Å². The molecule has 0 aromatic carbocycles. The Kier molecular flexibility index (Phi) is 2.71. The van der Waals surface area contributed by atoms with Gasteiger partial charge in [-0.3, -0.25) is 0 Å². The van der Waals surface area contributed by atoms with Gasteiger partial charge in [-0.15, -0.1) is 0 Å². The van der Waals surface area contributed by atoms with Gasteiger partial charge >= 0.3 is 6.18 Å². The predicted octanol–water partition coefficient (Wildman–Crippen LogP) is 0.689. The van der Waals surface area contributed by atoms with Crippen LogP contribution in [0.3, 0.4) is 0 Å². The van der Waals surface area contributed by atoms with E-state index in [9.17, 15) is 23.4 Å². The van der Waals surface area contributed by atoms with Crippen molar-refractivity contribution >= 4 is 0 Å². The van der Waals surface area contributed by atoms with Gasteiger partial charge in [0.15, 0.2) is 5.79 Å². The molecule has 0 bridgehead atoms. The first-order valence-electron chi connectivity index (χ1n) is 4.25. The van der Waals surface area contributed by atoms with E-state index < -0.39 is 23.4 Å². The molecule has 0 saturated heterocycles. The molecule has 3 nitrogen and oxygen atoms in total. The SMILES string of the molecule is CC(O)(O)C1(N)C=CC=CC1C(F)(F)F. The van der Waals surface area contributed by atoms with E-state index in [1.807, 2.05) is 0 Å². The lowest BCUT2D eigenvalue weighted by molar-refractivity contribution is -0.242. The highest BCUT2D eigenvalue weighted by molar-refractivity contribution is 5.28. The van der Waals surface area contributed by atoms with Crippen molar-refractivity contribution in [2.45, 2.75) is 24.4 Å². The van der Waals surface area contributed by atoms with Crippen LogP contribution in [0.25, 0.3) is 0 Å². The number of allylic oxidation sites excluding steroid dienone is 2. The van der Waals surface area contributed by atoms with Crippen molar-refractivity contribution in [3.63, 3.8) is 0 Å². The van der Waals surface area contributed by atoms with E-state index in [0.29, 0.717) is 0 Å². The minimum absolute atomic E-state index is 0.810. The van der Waals surface area contributed by atoms with Gasteiger partial charge in [0.25, 0.3) is 0 Å². The Balaban J connectivity index is 3.17. The van der Waals surface area contributed by atoms with Gasteiger partial charge in [0, 0.05) is 0 Å². The molecule has 0 amide bonds. The number of hydrogen-bond donors (Lipinski definition) is 3. The van der Waals surface area contributed by atoms with Crippen molar-refractivity contribution in [1.82, 2.24) is 0 Å². The number of alkyl halides is 3. The molecule has 2 unspecified atom stereocenters. The summed E-state index contributed by atoms with van der Waals surface area (Å²) in [6, 6.07) is 0. The van der Waals surface area contributed by atoms with Gasteiger partial charge in [-0.05, 0) is 6.92 Å². The maximum atomic E-state index is 12.6. The zero-order valence-corrected chi connectivity index (χ0v) is 7.99. The lowest BCUT2D eigenvalue weighted by Crippen LogP contribution is -2.65. The minimum atomic E-state index is -4.62.